The summed E-state index contributed by atoms with van der Waals surface area (Å²) in [5.74, 6) is -0.140. The molecule has 1 amide bonds. The van der Waals surface area contributed by atoms with Crippen molar-refractivity contribution in [2.24, 2.45) is 0 Å². The van der Waals surface area contributed by atoms with Gasteiger partial charge in [0.1, 0.15) is 0 Å². The minimum absolute atomic E-state index is 0.0366. The largest absolute Gasteiger partial charge is 0.466 e. The Labute approximate surface area is 348 Å². The fourth-order valence-electron chi connectivity index (χ4n) is 7.39. The summed E-state index contributed by atoms with van der Waals surface area (Å²) in [6.07, 6.45) is 53.1. The van der Waals surface area contributed by atoms with Crippen LogP contribution < -0.4 is 5.32 Å². The van der Waals surface area contributed by atoms with E-state index in [4.69, 9.17) is 4.74 Å². The van der Waals surface area contributed by atoms with Crippen LogP contribution in [0.15, 0.2) is 24.3 Å². The highest BCUT2D eigenvalue weighted by Crippen LogP contribution is 2.15. The van der Waals surface area contributed by atoms with E-state index < -0.39 is 12.1 Å². The molecule has 56 heavy (non-hydrogen) atoms. The second-order valence-corrected chi connectivity index (χ2v) is 16.8. The van der Waals surface area contributed by atoms with Crippen molar-refractivity contribution in [1.82, 2.24) is 5.32 Å². The summed E-state index contributed by atoms with van der Waals surface area (Å²) in [4.78, 5) is 24.4. The number of nitrogens with one attached hydrogen (secondary N) is 1. The Morgan fingerprint density at radius 3 is 1.27 bits per heavy atom. The average Bonchev–Trinajstić information content (AvgIpc) is 3.20. The third-order valence-corrected chi connectivity index (χ3v) is 11.2. The van der Waals surface area contributed by atoms with E-state index in [9.17, 15) is 19.8 Å². The van der Waals surface area contributed by atoms with E-state index in [1.165, 1.54) is 154 Å². The lowest BCUT2D eigenvalue weighted by Gasteiger charge is -2.20. The molecule has 0 saturated heterocycles. The van der Waals surface area contributed by atoms with Crippen LogP contribution in [-0.4, -0.2) is 47.4 Å². The maximum absolute atomic E-state index is 12.4. The van der Waals surface area contributed by atoms with Gasteiger partial charge in [-0.1, -0.05) is 212 Å². The standard InChI is InChI=1S/C50H95NO5/c1-3-5-7-9-11-13-15-17-19-20-22-26-30-34-38-42-48(53)47(46-52)51-49(54)43-39-35-31-27-24-25-29-33-37-41-45-56-50(55)44-40-36-32-28-23-21-18-16-14-12-10-8-6-4-2/h25,29,38,42,47-48,52-53H,3-24,26-28,30-37,39-41,43-46H2,1-2H3,(H,51,54)/b29-25-,42-38+. The number of hydrogen-bond donors (Lipinski definition) is 3. The van der Waals surface area contributed by atoms with Crippen LogP contribution in [0.2, 0.25) is 0 Å². The minimum Gasteiger partial charge on any atom is -0.466 e. The maximum Gasteiger partial charge on any atom is 0.305 e. The van der Waals surface area contributed by atoms with Gasteiger partial charge in [0, 0.05) is 12.8 Å². The molecule has 6 nitrogen and oxygen atoms in total. The molecule has 0 aliphatic rings. The Hall–Kier alpha value is -1.66. The summed E-state index contributed by atoms with van der Waals surface area (Å²) < 4.78 is 5.43. The van der Waals surface area contributed by atoms with Gasteiger partial charge in [-0.15, -0.1) is 0 Å². The maximum atomic E-state index is 12.4. The molecule has 2 unspecified atom stereocenters. The van der Waals surface area contributed by atoms with Crippen LogP contribution in [0.4, 0.5) is 0 Å². The quantitative estimate of drug-likeness (QED) is 0.0324. The molecule has 0 fully saturated rings. The number of allylic oxidation sites excluding steroid dienone is 3. The van der Waals surface area contributed by atoms with Gasteiger partial charge >= 0.3 is 5.97 Å². The summed E-state index contributed by atoms with van der Waals surface area (Å²) in [6, 6.07) is -0.652. The summed E-state index contributed by atoms with van der Waals surface area (Å²) in [7, 11) is 0. The van der Waals surface area contributed by atoms with Crippen LogP contribution in [0, 0.1) is 0 Å². The molecule has 0 aliphatic heterocycles. The van der Waals surface area contributed by atoms with E-state index in [1.54, 1.807) is 6.08 Å². The van der Waals surface area contributed by atoms with Crippen molar-refractivity contribution in [3.05, 3.63) is 24.3 Å². The molecule has 0 radical (unpaired) electrons. The number of carbonyl (C=O) groups excluding carboxylic acids is 2. The van der Waals surface area contributed by atoms with Crippen molar-refractivity contribution in [2.45, 2.75) is 270 Å². The Morgan fingerprint density at radius 2 is 0.839 bits per heavy atom. The van der Waals surface area contributed by atoms with Gasteiger partial charge in [-0.3, -0.25) is 9.59 Å². The van der Waals surface area contributed by atoms with Gasteiger partial charge in [0.15, 0.2) is 0 Å². The molecule has 0 spiro atoms. The first-order valence-electron chi connectivity index (χ1n) is 24.6. The average molecular weight is 790 g/mol. The molecule has 0 aliphatic carbocycles. The third kappa shape index (κ3) is 42.0. The van der Waals surface area contributed by atoms with Gasteiger partial charge in [0.25, 0.3) is 0 Å². The van der Waals surface area contributed by atoms with E-state index in [1.807, 2.05) is 6.08 Å². The number of esters is 1. The van der Waals surface area contributed by atoms with E-state index >= 15 is 0 Å². The molecule has 330 valence electrons. The first kappa shape index (κ1) is 54.3. The first-order chi connectivity index (χ1) is 27.5. The Bertz CT molecular complexity index is 874. The van der Waals surface area contributed by atoms with E-state index in [-0.39, 0.29) is 18.5 Å². The highest BCUT2D eigenvalue weighted by Gasteiger charge is 2.18. The van der Waals surface area contributed by atoms with Crippen LogP contribution in [-0.2, 0) is 14.3 Å². The number of carbonyl (C=O) groups is 2. The lowest BCUT2D eigenvalue weighted by atomic mass is 10.0. The molecule has 3 N–H and O–H groups in total. The summed E-state index contributed by atoms with van der Waals surface area (Å²) >= 11 is 0. The highest BCUT2D eigenvalue weighted by atomic mass is 16.5. The Kier molecular flexibility index (Phi) is 44.7. The molecule has 0 saturated carbocycles. The van der Waals surface area contributed by atoms with Gasteiger partial charge in [-0.05, 0) is 57.8 Å². The lowest BCUT2D eigenvalue weighted by Crippen LogP contribution is -2.45. The molecular formula is C50H95NO5. The van der Waals surface area contributed by atoms with Crippen molar-refractivity contribution < 1.29 is 24.5 Å². The zero-order valence-corrected chi connectivity index (χ0v) is 37.4. The smallest absolute Gasteiger partial charge is 0.305 e. The molecule has 0 aromatic rings. The first-order valence-corrected chi connectivity index (χ1v) is 24.6. The molecule has 6 heteroatoms. The molecule has 0 aromatic carbocycles. The normalized spacial score (nSPS) is 12.9. The van der Waals surface area contributed by atoms with Gasteiger partial charge in [0.05, 0.1) is 25.4 Å². The number of unbranched alkanes of at least 4 members (excludes halogenated alkanes) is 32. The monoisotopic (exact) mass is 790 g/mol. The van der Waals surface area contributed by atoms with Crippen LogP contribution in [0.25, 0.3) is 0 Å². The predicted octanol–water partition coefficient (Wildman–Crippen LogP) is 14.3. The van der Waals surface area contributed by atoms with E-state index in [0.717, 1.165) is 77.0 Å². The van der Waals surface area contributed by atoms with Gasteiger partial charge in [0.2, 0.25) is 5.91 Å². The topological polar surface area (TPSA) is 95.9 Å². The fraction of sp³-hybridized carbons (Fsp3) is 0.880. The van der Waals surface area contributed by atoms with E-state index in [0.29, 0.717) is 19.4 Å². The molecule has 0 bridgehead atoms. The third-order valence-electron chi connectivity index (χ3n) is 11.2. The molecular weight excluding hydrogens is 695 g/mol. The van der Waals surface area contributed by atoms with Gasteiger partial charge < -0.3 is 20.3 Å². The second kappa shape index (κ2) is 46.0. The van der Waals surface area contributed by atoms with Crippen LogP contribution >= 0.6 is 0 Å². The van der Waals surface area contributed by atoms with Crippen molar-refractivity contribution in [2.75, 3.05) is 13.2 Å². The van der Waals surface area contributed by atoms with E-state index in [2.05, 4.69) is 31.3 Å². The fourth-order valence-corrected chi connectivity index (χ4v) is 7.39. The highest BCUT2D eigenvalue weighted by molar-refractivity contribution is 5.76. The Morgan fingerprint density at radius 1 is 0.482 bits per heavy atom. The zero-order chi connectivity index (χ0) is 40.8. The molecule has 0 aromatic heterocycles. The van der Waals surface area contributed by atoms with Crippen LogP contribution in [0.1, 0.15) is 258 Å². The van der Waals surface area contributed by atoms with Gasteiger partial charge in [-0.2, -0.15) is 0 Å². The number of hydrogen-bond acceptors (Lipinski definition) is 5. The van der Waals surface area contributed by atoms with Crippen molar-refractivity contribution in [1.29, 1.82) is 0 Å². The molecule has 2 atom stereocenters. The van der Waals surface area contributed by atoms with Crippen LogP contribution in [0.5, 0.6) is 0 Å². The summed E-state index contributed by atoms with van der Waals surface area (Å²) in [5.41, 5.74) is 0. The van der Waals surface area contributed by atoms with Crippen molar-refractivity contribution >= 4 is 11.9 Å². The lowest BCUT2D eigenvalue weighted by molar-refractivity contribution is -0.143. The minimum atomic E-state index is -0.864. The number of aliphatic hydroxyl groups excluding tert-OH is 2. The SMILES string of the molecule is CCCCCCCCCCCCCCC/C=C/C(O)C(CO)NC(=O)CCCCCC/C=C\CCCCOC(=O)CCCCCCCCCCCCCCCC. The molecule has 0 rings (SSSR count). The number of aliphatic hydroxyl groups is 2. The summed E-state index contributed by atoms with van der Waals surface area (Å²) in [5, 5.41) is 23.0. The van der Waals surface area contributed by atoms with Crippen molar-refractivity contribution in [3.63, 3.8) is 0 Å². The molecule has 0 heterocycles. The predicted molar refractivity (Wildman–Crippen MR) is 241 cm³/mol. The second-order valence-electron chi connectivity index (χ2n) is 16.8. The summed E-state index contributed by atoms with van der Waals surface area (Å²) in [6.45, 7) is 4.81. The Balaban J connectivity index is 3.56. The van der Waals surface area contributed by atoms with Crippen LogP contribution in [0.3, 0.4) is 0 Å². The number of amides is 1. The van der Waals surface area contributed by atoms with Crippen molar-refractivity contribution in [3.8, 4) is 0 Å². The zero-order valence-electron chi connectivity index (χ0n) is 37.4. The number of rotatable bonds is 45. The van der Waals surface area contributed by atoms with Gasteiger partial charge in [-0.25, -0.2) is 0 Å². The number of ether oxygens (including phenoxy) is 1.